The smallest absolute Gasteiger partial charge is 0.199 e. The van der Waals surface area contributed by atoms with Crippen molar-refractivity contribution < 1.29 is 0 Å². The van der Waals surface area contributed by atoms with Crippen molar-refractivity contribution in [3.8, 4) is 0 Å². The van der Waals surface area contributed by atoms with Crippen LogP contribution >= 0.6 is 0 Å². The summed E-state index contributed by atoms with van der Waals surface area (Å²) in [6.07, 6.45) is 7.73. The molecule has 0 radical (unpaired) electrons. The van der Waals surface area contributed by atoms with Gasteiger partial charge in [0.1, 0.15) is 12.4 Å². The minimum Gasteiger partial charge on any atom is -0.353 e. The van der Waals surface area contributed by atoms with E-state index in [-0.39, 0.29) is 0 Å². The molecule has 2 aromatic rings. The molecule has 1 aromatic heterocycles. The maximum absolute atomic E-state index is 4.99. The molecule has 3 aliphatic rings. The van der Waals surface area contributed by atoms with E-state index in [1.165, 1.54) is 49.8 Å². The molecule has 0 amide bonds. The van der Waals surface area contributed by atoms with Gasteiger partial charge in [-0.1, -0.05) is 31.0 Å². The molecule has 2 aliphatic carbocycles. The molecule has 1 spiro atoms. The summed E-state index contributed by atoms with van der Waals surface area (Å²) >= 11 is 0. The molecular weight excluding hydrogens is 336 g/mol. The van der Waals surface area contributed by atoms with E-state index in [0.29, 0.717) is 18.0 Å². The lowest BCUT2D eigenvalue weighted by molar-refractivity contribution is 0.478. The summed E-state index contributed by atoms with van der Waals surface area (Å²) in [6.45, 7) is 3.57. The molecule has 2 saturated carbocycles. The van der Waals surface area contributed by atoms with Crippen LogP contribution in [0.2, 0.25) is 0 Å². The monoisotopic (exact) mass is 364 g/mol. The van der Waals surface area contributed by atoms with Crippen LogP contribution in [0.4, 0.5) is 5.69 Å². The number of aliphatic imine (C=N–C) groups is 1. The molecular formula is C21H28N6. The van der Waals surface area contributed by atoms with Crippen LogP contribution in [0.5, 0.6) is 0 Å². The van der Waals surface area contributed by atoms with Crippen molar-refractivity contribution >= 4 is 11.6 Å². The number of hydrogen-bond donors (Lipinski definition) is 1. The van der Waals surface area contributed by atoms with Gasteiger partial charge in [0.05, 0.1) is 0 Å². The fraction of sp³-hybridized carbons (Fsp3) is 0.571. The third-order valence-corrected chi connectivity index (χ3v) is 6.51. The van der Waals surface area contributed by atoms with Gasteiger partial charge in [0.15, 0.2) is 11.8 Å². The Hall–Kier alpha value is -2.37. The van der Waals surface area contributed by atoms with Gasteiger partial charge < -0.3 is 14.8 Å². The molecule has 5 rings (SSSR count). The zero-order valence-corrected chi connectivity index (χ0v) is 16.3. The van der Waals surface area contributed by atoms with Crippen molar-refractivity contribution in [2.45, 2.75) is 63.5 Å². The summed E-state index contributed by atoms with van der Waals surface area (Å²) in [5.74, 6) is 2.84. The minimum atomic E-state index is 0.309. The van der Waals surface area contributed by atoms with Gasteiger partial charge in [-0.3, -0.25) is 0 Å². The largest absolute Gasteiger partial charge is 0.353 e. The van der Waals surface area contributed by atoms with E-state index in [2.05, 4.69) is 44.7 Å². The predicted molar refractivity (Wildman–Crippen MR) is 107 cm³/mol. The maximum atomic E-state index is 4.99. The normalized spacial score (nSPS) is 21.1. The molecule has 2 heterocycles. The number of nitrogens with zero attached hydrogens (tertiary/aromatic N) is 5. The Labute approximate surface area is 160 Å². The highest BCUT2D eigenvalue weighted by molar-refractivity contribution is 5.99. The van der Waals surface area contributed by atoms with Gasteiger partial charge in [-0.05, 0) is 44.2 Å². The molecule has 1 aromatic carbocycles. The van der Waals surface area contributed by atoms with Crippen LogP contribution in [0.1, 0.15) is 55.7 Å². The van der Waals surface area contributed by atoms with E-state index in [1.807, 2.05) is 18.5 Å². The van der Waals surface area contributed by atoms with E-state index < -0.39 is 0 Å². The van der Waals surface area contributed by atoms with Crippen molar-refractivity contribution in [3.63, 3.8) is 0 Å². The summed E-state index contributed by atoms with van der Waals surface area (Å²) in [7, 11) is 2.01. The average molecular weight is 364 g/mol. The van der Waals surface area contributed by atoms with Crippen LogP contribution in [0.15, 0.2) is 29.3 Å². The Balaban J connectivity index is 1.49. The third kappa shape index (κ3) is 2.91. The summed E-state index contributed by atoms with van der Waals surface area (Å²) < 4.78 is 2.02. The number of nitrogens with one attached hydrogen (secondary N) is 1. The van der Waals surface area contributed by atoms with Crippen molar-refractivity contribution in [1.29, 1.82) is 0 Å². The van der Waals surface area contributed by atoms with Crippen LogP contribution in [0, 0.1) is 6.92 Å². The number of para-hydroxylation sites is 1. The number of hydrogen-bond acceptors (Lipinski definition) is 3. The first-order valence-corrected chi connectivity index (χ1v) is 10.2. The second kappa shape index (κ2) is 6.36. The number of fused-ring (bicyclic) bond motifs is 2. The first kappa shape index (κ1) is 16.8. The molecule has 6 nitrogen and oxygen atoms in total. The molecule has 0 atom stereocenters. The molecule has 0 saturated heterocycles. The summed E-state index contributed by atoms with van der Waals surface area (Å²) in [5.41, 5.74) is 3.16. The standard InChI is InChI=1S/C21H28N6/c1-15-24-25-19(26(15)2)13-22-20(23-16-9-10-16)27-14-21(11-5-6-12-21)17-7-3-4-8-18(17)27/h3-4,7-8,16H,5-6,9-14H2,1-2H3,(H,22,23). The zero-order chi connectivity index (χ0) is 18.4. The van der Waals surface area contributed by atoms with Crippen LogP contribution in [0.25, 0.3) is 0 Å². The number of aromatic nitrogens is 3. The highest BCUT2D eigenvalue weighted by Crippen LogP contribution is 2.50. The Kier molecular flexibility index (Phi) is 3.95. The van der Waals surface area contributed by atoms with E-state index in [0.717, 1.165) is 24.2 Å². The van der Waals surface area contributed by atoms with Gasteiger partial charge in [0.25, 0.3) is 0 Å². The van der Waals surface area contributed by atoms with E-state index in [9.17, 15) is 0 Å². The summed E-state index contributed by atoms with van der Waals surface area (Å²) in [6, 6.07) is 9.51. The van der Waals surface area contributed by atoms with Crippen molar-refractivity contribution in [3.05, 3.63) is 41.5 Å². The molecule has 0 bridgehead atoms. The molecule has 0 unspecified atom stereocenters. The molecule has 6 heteroatoms. The molecule has 1 aliphatic heterocycles. The second-order valence-electron chi connectivity index (χ2n) is 8.37. The summed E-state index contributed by atoms with van der Waals surface area (Å²) in [5, 5.41) is 12.1. The van der Waals surface area contributed by atoms with Crippen LogP contribution in [-0.2, 0) is 19.0 Å². The third-order valence-electron chi connectivity index (χ3n) is 6.51. The van der Waals surface area contributed by atoms with Gasteiger partial charge in [-0.15, -0.1) is 10.2 Å². The molecule has 1 N–H and O–H groups in total. The predicted octanol–water partition coefficient (Wildman–Crippen LogP) is 3.06. The molecule has 142 valence electrons. The fourth-order valence-corrected chi connectivity index (χ4v) is 4.65. The minimum absolute atomic E-state index is 0.309. The fourth-order valence-electron chi connectivity index (χ4n) is 4.65. The van der Waals surface area contributed by atoms with Gasteiger partial charge in [-0.2, -0.15) is 0 Å². The number of aryl methyl sites for hydroxylation is 1. The van der Waals surface area contributed by atoms with E-state index in [1.54, 1.807) is 0 Å². The molecule has 2 fully saturated rings. The number of rotatable bonds is 3. The summed E-state index contributed by atoms with van der Waals surface area (Å²) in [4.78, 5) is 7.42. The number of anilines is 1. The van der Waals surface area contributed by atoms with Crippen LogP contribution in [-0.4, -0.2) is 33.3 Å². The quantitative estimate of drug-likeness (QED) is 0.672. The number of benzene rings is 1. The lowest BCUT2D eigenvalue weighted by atomic mass is 9.81. The number of guanidine groups is 1. The van der Waals surface area contributed by atoms with Gasteiger partial charge in [0, 0.05) is 30.7 Å². The topological polar surface area (TPSA) is 58.3 Å². The van der Waals surface area contributed by atoms with Gasteiger partial charge in [0.2, 0.25) is 0 Å². The Morgan fingerprint density at radius 2 is 2.00 bits per heavy atom. The second-order valence-corrected chi connectivity index (χ2v) is 8.37. The SMILES string of the molecule is Cc1nnc(CN=C(NC2CC2)N2CC3(CCCC3)c3ccccc32)n1C. The zero-order valence-electron chi connectivity index (χ0n) is 16.3. The van der Waals surface area contributed by atoms with Gasteiger partial charge in [-0.25, -0.2) is 4.99 Å². The average Bonchev–Trinajstić information content (AvgIpc) is 3.15. The Morgan fingerprint density at radius 1 is 1.22 bits per heavy atom. The first-order valence-electron chi connectivity index (χ1n) is 10.2. The van der Waals surface area contributed by atoms with Crippen molar-refractivity contribution in [2.24, 2.45) is 12.0 Å². The van der Waals surface area contributed by atoms with Crippen LogP contribution in [0.3, 0.4) is 0 Å². The van der Waals surface area contributed by atoms with Crippen LogP contribution < -0.4 is 10.2 Å². The lowest BCUT2D eigenvalue weighted by Crippen LogP contribution is -2.44. The molecule has 27 heavy (non-hydrogen) atoms. The van der Waals surface area contributed by atoms with Crippen molar-refractivity contribution in [1.82, 2.24) is 20.1 Å². The Morgan fingerprint density at radius 3 is 2.70 bits per heavy atom. The van der Waals surface area contributed by atoms with Crippen molar-refractivity contribution in [2.75, 3.05) is 11.4 Å². The Bertz CT molecular complexity index is 873. The van der Waals surface area contributed by atoms with Gasteiger partial charge >= 0.3 is 0 Å². The highest BCUT2D eigenvalue weighted by Gasteiger charge is 2.46. The maximum Gasteiger partial charge on any atom is 0.199 e. The van der Waals surface area contributed by atoms with E-state index >= 15 is 0 Å². The first-order chi connectivity index (χ1) is 13.2. The highest BCUT2D eigenvalue weighted by atomic mass is 15.3. The van der Waals surface area contributed by atoms with E-state index in [4.69, 9.17) is 4.99 Å². The lowest BCUT2D eigenvalue weighted by Gasteiger charge is -2.27.